The molecule has 1 heterocycles. The number of benzene rings is 1. The molecule has 0 atom stereocenters. The molecule has 0 N–H and O–H groups in total. The summed E-state index contributed by atoms with van der Waals surface area (Å²) < 4.78 is 27.2. The first kappa shape index (κ1) is 21.3. The van der Waals surface area contributed by atoms with Crippen molar-refractivity contribution in [2.45, 2.75) is 38.5 Å². The second-order valence-electron chi connectivity index (χ2n) is 7.50. The molecule has 0 aliphatic carbocycles. The SMILES string of the molecule is Cc1ccc([N+](=O)[O-])cc1S(=O)(=O)N1CCC(C(=O)N(C)CC(C)C)CC1. The van der Waals surface area contributed by atoms with Gasteiger partial charge < -0.3 is 4.90 Å². The molecule has 1 aliphatic rings. The van der Waals surface area contributed by atoms with E-state index >= 15 is 0 Å². The summed E-state index contributed by atoms with van der Waals surface area (Å²) in [4.78, 5) is 24.6. The van der Waals surface area contributed by atoms with Gasteiger partial charge in [0, 0.05) is 44.7 Å². The Balaban J connectivity index is 2.12. The highest BCUT2D eigenvalue weighted by Crippen LogP contribution is 2.28. The number of carbonyl (C=O) groups excluding carboxylic acids is 1. The molecule has 1 aromatic carbocycles. The van der Waals surface area contributed by atoms with Crippen LogP contribution in [0.4, 0.5) is 5.69 Å². The van der Waals surface area contributed by atoms with Gasteiger partial charge in [-0.1, -0.05) is 19.9 Å². The van der Waals surface area contributed by atoms with E-state index < -0.39 is 14.9 Å². The standard InChI is InChI=1S/C18H27N3O5S/c1-13(2)12-19(4)18(22)15-7-9-20(10-8-15)27(25,26)17-11-16(21(23)24)6-5-14(17)3/h5-6,11,13,15H,7-10,12H2,1-4H3. The zero-order valence-corrected chi connectivity index (χ0v) is 17.0. The van der Waals surface area contributed by atoms with E-state index in [9.17, 15) is 23.3 Å². The molecule has 0 radical (unpaired) electrons. The Hall–Kier alpha value is -2.00. The summed E-state index contributed by atoms with van der Waals surface area (Å²) in [5.41, 5.74) is 0.218. The first-order chi connectivity index (χ1) is 12.5. The van der Waals surface area contributed by atoms with Gasteiger partial charge in [-0.05, 0) is 31.2 Å². The number of nitro benzene ring substituents is 1. The number of rotatable bonds is 6. The van der Waals surface area contributed by atoms with Gasteiger partial charge in [0.15, 0.2) is 0 Å². The fourth-order valence-corrected chi connectivity index (χ4v) is 5.13. The van der Waals surface area contributed by atoms with E-state index in [-0.39, 0.29) is 35.5 Å². The van der Waals surface area contributed by atoms with Crippen LogP contribution in [-0.2, 0) is 14.8 Å². The van der Waals surface area contributed by atoms with E-state index in [2.05, 4.69) is 0 Å². The van der Waals surface area contributed by atoms with Crippen LogP contribution in [-0.4, -0.2) is 55.1 Å². The Morgan fingerprint density at radius 2 is 1.93 bits per heavy atom. The van der Waals surface area contributed by atoms with E-state index in [0.717, 1.165) is 6.07 Å². The third kappa shape index (κ3) is 4.84. The van der Waals surface area contributed by atoms with Gasteiger partial charge in [-0.3, -0.25) is 14.9 Å². The number of aryl methyl sites for hydroxylation is 1. The van der Waals surface area contributed by atoms with Gasteiger partial charge >= 0.3 is 0 Å². The molecule has 1 saturated heterocycles. The van der Waals surface area contributed by atoms with Crippen molar-refractivity contribution in [3.05, 3.63) is 33.9 Å². The lowest BCUT2D eigenvalue weighted by Gasteiger charge is -2.33. The summed E-state index contributed by atoms with van der Waals surface area (Å²) in [7, 11) is -2.06. The highest BCUT2D eigenvalue weighted by atomic mass is 32.2. The molecule has 0 saturated carbocycles. The lowest BCUT2D eigenvalue weighted by atomic mass is 9.96. The minimum absolute atomic E-state index is 0.0431. The third-order valence-corrected chi connectivity index (χ3v) is 6.86. The summed E-state index contributed by atoms with van der Waals surface area (Å²) in [5.74, 6) is 0.231. The van der Waals surface area contributed by atoms with Gasteiger partial charge in [-0.15, -0.1) is 0 Å². The van der Waals surface area contributed by atoms with E-state index in [0.29, 0.717) is 30.9 Å². The molecule has 9 heteroatoms. The highest BCUT2D eigenvalue weighted by Gasteiger charge is 2.34. The van der Waals surface area contributed by atoms with Crippen molar-refractivity contribution in [2.24, 2.45) is 11.8 Å². The van der Waals surface area contributed by atoms with Gasteiger partial charge in [-0.2, -0.15) is 4.31 Å². The summed E-state index contributed by atoms with van der Waals surface area (Å²) >= 11 is 0. The number of piperidine rings is 1. The maximum Gasteiger partial charge on any atom is 0.270 e. The average molecular weight is 397 g/mol. The van der Waals surface area contributed by atoms with Crippen LogP contribution in [0, 0.1) is 28.9 Å². The lowest BCUT2D eigenvalue weighted by Crippen LogP contribution is -2.44. The molecule has 0 unspecified atom stereocenters. The van der Waals surface area contributed by atoms with Crippen LogP contribution >= 0.6 is 0 Å². The summed E-state index contributed by atoms with van der Waals surface area (Å²) in [6.45, 7) is 6.84. The van der Waals surface area contributed by atoms with Crippen molar-refractivity contribution in [1.82, 2.24) is 9.21 Å². The number of hydrogen-bond acceptors (Lipinski definition) is 5. The van der Waals surface area contributed by atoms with Gasteiger partial charge in [-0.25, -0.2) is 8.42 Å². The van der Waals surface area contributed by atoms with Crippen LogP contribution < -0.4 is 0 Å². The van der Waals surface area contributed by atoms with Crippen molar-refractivity contribution in [2.75, 3.05) is 26.7 Å². The van der Waals surface area contributed by atoms with Gasteiger partial charge in [0.25, 0.3) is 5.69 Å². The predicted molar refractivity (Wildman–Crippen MR) is 102 cm³/mol. The molecule has 8 nitrogen and oxygen atoms in total. The van der Waals surface area contributed by atoms with Crippen molar-refractivity contribution >= 4 is 21.6 Å². The smallest absolute Gasteiger partial charge is 0.270 e. The highest BCUT2D eigenvalue weighted by molar-refractivity contribution is 7.89. The fourth-order valence-electron chi connectivity index (χ4n) is 3.41. The molecule has 150 valence electrons. The minimum atomic E-state index is -3.83. The molecule has 0 bridgehead atoms. The quantitative estimate of drug-likeness (QED) is 0.542. The predicted octanol–water partition coefficient (Wildman–Crippen LogP) is 2.42. The zero-order valence-electron chi connectivity index (χ0n) is 16.2. The molecule has 1 amide bonds. The van der Waals surface area contributed by atoms with Crippen LogP contribution in [0.15, 0.2) is 23.1 Å². The van der Waals surface area contributed by atoms with E-state index in [1.807, 2.05) is 13.8 Å². The maximum absolute atomic E-state index is 12.9. The first-order valence-corrected chi connectivity index (χ1v) is 10.5. The molecular formula is C18H27N3O5S. The number of amides is 1. The number of nitro groups is 1. The molecule has 1 aliphatic heterocycles. The number of carbonyl (C=O) groups is 1. The van der Waals surface area contributed by atoms with Crippen molar-refractivity contribution in [1.29, 1.82) is 0 Å². The van der Waals surface area contributed by atoms with Crippen LogP contribution in [0.5, 0.6) is 0 Å². The molecular weight excluding hydrogens is 370 g/mol. The van der Waals surface area contributed by atoms with E-state index in [1.165, 1.54) is 16.4 Å². The van der Waals surface area contributed by atoms with Crippen molar-refractivity contribution in [3.63, 3.8) is 0 Å². The van der Waals surface area contributed by atoms with Crippen molar-refractivity contribution < 1.29 is 18.1 Å². The second-order valence-corrected chi connectivity index (χ2v) is 9.40. The number of sulfonamides is 1. The molecule has 0 aromatic heterocycles. The maximum atomic E-state index is 12.9. The summed E-state index contributed by atoms with van der Waals surface area (Å²) in [5, 5.41) is 11.0. The third-order valence-electron chi connectivity index (χ3n) is 4.82. The normalized spacial score (nSPS) is 16.5. The number of nitrogens with zero attached hydrogens (tertiary/aromatic N) is 3. The number of non-ortho nitro benzene ring substituents is 1. The topological polar surface area (TPSA) is 101 Å². The molecule has 2 rings (SSSR count). The minimum Gasteiger partial charge on any atom is -0.345 e. The Morgan fingerprint density at radius 1 is 1.33 bits per heavy atom. The lowest BCUT2D eigenvalue weighted by molar-refractivity contribution is -0.385. The average Bonchev–Trinajstić information content (AvgIpc) is 2.60. The van der Waals surface area contributed by atoms with Crippen LogP contribution in [0.25, 0.3) is 0 Å². The Morgan fingerprint density at radius 3 is 2.44 bits per heavy atom. The molecule has 0 spiro atoms. The Bertz CT molecular complexity index is 814. The number of hydrogen-bond donors (Lipinski definition) is 0. The second kappa shape index (κ2) is 8.35. The van der Waals surface area contributed by atoms with Crippen molar-refractivity contribution in [3.8, 4) is 0 Å². The first-order valence-electron chi connectivity index (χ1n) is 9.04. The van der Waals surface area contributed by atoms with Crippen LogP contribution in [0.1, 0.15) is 32.3 Å². The van der Waals surface area contributed by atoms with Crippen LogP contribution in [0.2, 0.25) is 0 Å². The van der Waals surface area contributed by atoms with Gasteiger partial charge in [0.05, 0.1) is 9.82 Å². The summed E-state index contributed by atoms with van der Waals surface area (Å²) in [6, 6.07) is 3.85. The van der Waals surface area contributed by atoms with E-state index in [4.69, 9.17) is 0 Å². The Kier molecular flexibility index (Phi) is 6.59. The van der Waals surface area contributed by atoms with Gasteiger partial charge in [0.2, 0.25) is 15.9 Å². The molecule has 1 aromatic rings. The Labute approximate surface area is 160 Å². The van der Waals surface area contributed by atoms with E-state index in [1.54, 1.807) is 18.9 Å². The monoisotopic (exact) mass is 397 g/mol. The van der Waals surface area contributed by atoms with Gasteiger partial charge in [0.1, 0.15) is 0 Å². The zero-order chi connectivity index (χ0) is 20.4. The largest absolute Gasteiger partial charge is 0.345 e. The molecule has 1 fully saturated rings. The molecule has 27 heavy (non-hydrogen) atoms. The van der Waals surface area contributed by atoms with Crippen LogP contribution in [0.3, 0.4) is 0 Å². The fraction of sp³-hybridized carbons (Fsp3) is 0.611. The summed E-state index contributed by atoms with van der Waals surface area (Å²) in [6.07, 6.45) is 0.906.